The molecule has 24 heavy (non-hydrogen) atoms. The van der Waals surface area contributed by atoms with Crippen molar-refractivity contribution in [3.63, 3.8) is 0 Å². The Morgan fingerprint density at radius 2 is 1.50 bits per heavy atom. The van der Waals surface area contributed by atoms with Crippen LogP contribution in [0.1, 0.15) is 11.1 Å². The number of benzene rings is 2. The van der Waals surface area contributed by atoms with Gasteiger partial charge in [0.2, 0.25) is 0 Å². The summed E-state index contributed by atoms with van der Waals surface area (Å²) in [5, 5.41) is 9.62. The van der Waals surface area contributed by atoms with E-state index in [1.165, 1.54) is 0 Å². The zero-order valence-corrected chi connectivity index (χ0v) is 13.3. The van der Waals surface area contributed by atoms with Gasteiger partial charge in [0.05, 0.1) is 19.8 Å². The van der Waals surface area contributed by atoms with E-state index in [1.54, 1.807) is 0 Å². The smallest absolute Gasteiger partial charge is 0.189 e. The summed E-state index contributed by atoms with van der Waals surface area (Å²) in [7, 11) is 0. The molecule has 1 unspecified atom stereocenters. The highest BCUT2D eigenvalue weighted by molar-refractivity contribution is 5.14. The fourth-order valence-electron chi connectivity index (χ4n) is 2.67. The van der Waals surface area contributed by atoms with Crippen LogP contribution in [0.5, 0.6) is 0 Å². The maximum absolute atomic E-state index is 14.1. The van der Waals surface area contributed by atoms with E-state index in [9.17, 15) is 9.50 Å². The third kappa shape index (κ3) is 4.39. The molecule has 1 aliphatic rings. The first-order valence-electron chi connectivity index (χ1n) is 7.99. The van der Waals surface area contributed by atoms with E-state index in [4.69, 9.17) is 14.2 Å². The van der Waals surface area contributed by atoms with E-state index in [-0.39, 0.29) is 13.2 Å². The van der Waals surface area contributed by atoms with Crippen molar-refractivity contribution in [2.24, 2.45) is 0 Å². The lowest BCUT2D eigenvalue weighted by Gasteiger charge is -2.20. The quantitative estimate of drug-likeness (QED) is 0.847. The average Bonchev–Trinajstić information content (AvgIpc) is 2.89. The van der Waals surface area contributed by atoms with Crippen molar-refractivity contribution in [2.45, 2.75) is 37.9 Å². The Hall–Kier alpha value is -1.79. The van der Waals surface area contributed by atoms with Gasteiger partial charge in [-0.25, -0.2) is 4.39 Å². The maximum atomic E-state index is 14.1. The van der Waals surface area contributed by atoms with E-state index in [2.05, 4.69) is 0 Å². The Labute approximate surface area is 140 Å². The Kier molecular flexibility index (Phi) is 5.93. The van der Waals surface area contributed by atoms with Crippen LogP contribution >= 0.6 is 0 Å². The number of hydrogen-bond acceptors (Lipinski definition) is 4. The molecule has 1 N–H and O–H groups in total. The zero-order valence-electron chi connectivity index (χ0n) is 13.3. The van der Waals surface area contributed by atoms with Gasteiger partial charge in [-0.05, 0) is 11.1 Å². The normalized spacial score (nSPS) is 26.6. The summed E-state index contributed by atoms with van der Waals surface area (Å²) in [6.45, 7) is 0.822. The van der Waals surface area contributed by atoms with E-state index >= 15 is 0 Å². The molecular weight excluding hydrogens is 311 g/mol. The van der Waals surface area contributed by atoms with Gasteiger partial charge in [-0.3, -0.25) is 0 Å². The van der Waals surface area contributed by atoms with Crippen LogP contribution in [0.2, 0.25) is 0 Å². The summed E-state index contributed by atoms with van der Waals surface area (Å²) in [5.41, 5.74) is 1.96. The molecule has 5 heteroatoms. The molecule has 1 heterocycles. The second kappa shape index (κ2) is 8.35. The first kappa shape index (κ1) is 17.0. The van der Waals surface area contributed by atoms with Crippen molar-refractivity contribution in [2.75, 3.05) is 6.61 Å². The number of ether oxygens (including phenoxy) is 3. The molecule has 128 valence electrons. The first-order chi connectivity index (χ1) is 11.7. The Morgan fingerprint density at radius 1 is 0.917 bits per heavy atom. The van der Waals surface area contributed by atoms with E-state index < -0.39 is 24.7 Å². The standard InChI is InChI=1S/C19H21FO4/c20-17-18(23-12-15-9-5-2-6-10-15)16(24-19(17)21)13-22-11-14-7-3-1-4-8-14/h1-10,16-19,21H,11-13H2/t16?,17-,18-,19+/m0/s1. The van der Waals surface area contributed by atoms with Crippen LogP contribution in [0.25, 0.3) is 0 Å². The molecule has 0 aromatic heterocycles. The SMILES string of the molecule is O[C@@H]1OC(COCc2ccccc2)[C@H](OCc2ccccc2)[C@@H]1F. The molecule has 1 aliphatic heterocycles. The molecular formula is C19H21FO4. The van der Waals surface area contributed by atoms with Crippen LogP contribution in [0, 0.1) is 0 Å². The Balaban J connectivity index is 1.52. The molecule has 1 saturated heterocycles. The number of rotatable bonds is 7. The first-order valence-corrected chi connectivity index (χ1v) is 7.99. The summed E-state index contributed by atoms with van der Waals surface area (Å²) >= 11 is 0. The topological polar surface area (TPSA) is 47.9 Å². The third-order valence-electron chi connectivity index (χ3n) is 3.95. The van der Waals surface area contributed by atoms with Crippen LogP contribution < -0.4 is 0 Å². The summed E-state index contributed by atoms with van der Waals surface area (Å²) in [6, 6.07) is 19.2. The molecule has 4 atom stereocenters. The number of aliphatic hydroxyl groups is 1. The fourth-order valence-corrected chi connectivity index (χ4v) is 2.67. The van der Waals surface area contributed by atoms with Crippen molar-refractivity contribution in [3.05, 3.63) is 71.8 Å². The minimum atomic E-state index is -1.58. The van der Waals surface area contributed by atoms with E-state index in [1.807, 2.05) is 60.7 Å². The Morgan fingerprint density at radius 3 is 2.12 bits per heavy atom. The monoisotopic (exact) mass is 332 g/mol. The van der Waals surface area contributed by atoms with Gasteiger partial charge in [-0.15, -0.1) is 0 Å². The summed E-state index contributed by atoms with van der Waals surface area (Å²) < 4.78 is 30.6. The van der Waals surface area contributed by atoms with Gasteiger partial charge >= 0.3 is 0 Å². The zero-order chi connectivity index (χ0) is 16.8. The minimum Gasteiger partial charge on any atom is -0.374 e. The van der Waals surface area contributed by atoms with Gasteiger partial charge in [0.1, 0.15) is 12.2 Å². The number of hydrogen-bond donors (Lipinski definition) is 1. The molecule has 2 aromatic carbocycles. The van der Waals surface area contributed by atoms with Crippen molar-refractivity contribution in [1.29, 1.82) is 0 Å². The Bertz CT molecular complexity index is 607. The van der Waals surface area contributed by atoms with Crippen LogP contribution in [0.3, 0.4) is 0 Å². The average molecular weight is 332 g/mol. The molecule has 0 saturated carbocycles. The van der Waals surface area contributed by atoms with Gasteiger partial charge < -0.3 is 19.3 Å². The summed E-state index contributed by atoms with van der Waals surface area (Å²) in [4.78, 5) is 0. The van der Waals surface area contributed by atoms with Crippen LogP contribution in [-0.4, -0.2) is 36.4 Å². The van der Waals surface area contributed by atoms with Crippen LogP contribution in [-0.2, 0) is 27.4 Å². The van der Waals surface area contributed by atoms with Gasteiger partial charge in [0, 0.05) is 0 Å². The maximum Gasteiger partial charge on any atom is 0.189 e. The molecule has 2 aromatic rings. The number of alkyl halides is 1. The molecule has 0 radical (unpaired) electrons. The highest BCUT2D eigenvalue weighted by atomic mass is 19.1. The highest BCUT2D eigenvalue weighted by Crippen LogP contribution is 2.26. The van der Waals surface area contributed by atoms with E-state index in [0.29, 0.717) is 6.61 Å². The number of halogens is 1. The van der Waals surface area contributed by atoms with Crippen molar-refractivity contribution >= 4 is 0 Å². The van der Waals surface area contributed by atoms with Crippen molar-refractivity contribution in [3.8, 4) is 0 Å². The fraction of sp³-hybridized carbons (Fsp3) is 0.368. The summed E-state index contributed by atoms with van der Waals surface area (Å²) in [6.07, 6.45) is -4.55. The molecule has 0 spiro atoms. The summed E-state index contributed by atoms with van der Waals surface area (Å²) in [5.74, 6) is 0. The lowest BCUT2D eigenvalue weighted by Crippen LogP contribution is -2.34. The van der Waals surface area contributed by atoms with E-state index in [0.717, 1.165) is 11.1 Å². The molecule has 0 aliphatic carbocycles. The molecule has 3 rings (SSSR count). The predicted molar refractivity (Wildman–Crippen MR) is 86.9 cm³/mol. The highest BCUT2D eigenvalue weighted by Gasteiger charge is 2.45. The second-order valence-corrected chi connectivity index (χ2v) is 5.77. The van der Waals surface area contributed by atoms with Crippen molar-refractivity contribution < 1.29 is 23.7 Å². The predicted octanol–water partition coefficient (Wildman–Crippen LogP) is 2.84. The van der Waals surface area contributed by atoms with Crippen molar-refractivity contribution in [1.82, 2.24) is 0 Å². The largest absolute Gasteiger partial charge is 0.374 e. The van der Waals surface area contributed by atoms with Gasteiger partial charge in [-0.1, -0.05) is 60.7 Å². The van der Waals surface area contributed by atoms with Gasteiger partial charge in [0.25, 0.3) is 0 Å². The molecule has 0 amide bonds. The van der Waals surface area contributed by atoms with Gasteiger partial charge in [-0.2, -0.15) is 0 Å². The lowest BCUT2D eigenvalue weighted by molar-refractivity contribution is -0.129. The minimum absolute atomic E-state index is 0.159. The molecule has 4 nitrogen and oxygen atoms in total. The molecule has 1 fully saturated rings. The van der Waals surface area contributed by atoms with Crippen LogP contribution in [0.4, 0.5) is 4.39 Å². The number of aliphatic hydroxyl groups excluding tert-OH is 1. The van der Waals surface area contributed by atoms with Crippen LogP contribution in [0.15, 0.2) is 60.7 Å². The van der Waals surface area contributed by atoms with Gasteiger partial charge in [0.15, 0.2) is 12.5 Å². The molecule has 0 bridgehead atoms. The lowest BCUT2D eigenvalue weighted by atomic mass is 10.1. The third-order valence-corrected chi connectivity index (χ3v) is 3.95. The second-order valence-electron chi connectivity index (χ2n) is 5.77.